The summed E-state index contributed by atoms with van der Waals surface area (Å²) in [5.41, 5.74) is 3.17. The van der Waals surface area contributed by atoms with E-state index in [1.807, 2.05) is 32.0 Å². The summed E-state index contributed by atoms with van der Waals surface area (Å²) in [6.07, 6.45) is 0. The number of esters is 1. The highest BCUT2D eigenvalue weighted by molar-refractivity contribution is 5.95. The van der Waals surface area contributed by atoms with E-state index in [9.17, 15) is 9.59 Å². The highest BCUT2D eigenvalue weighted by Crippen LogP contribution is 2.16. The van der Waals surface area contributed by atoms with E-state index < -0.39 is 5.97 Å². The quantitative estimate of drug-likeness (QED) is 0.758. The topological polar surface area (TPSA) is 64.6 Å². The summed E-state index contributed by atoms with van der Waals surface area (Å²) in [5.74, 6) is 0.205. The molecule has 5 nitrogen and oxygen atoms in total. The van der Waals surface area contributed by atoms with Crippen molar-refractivity contribution in [3.63, 3.8) is 0 Å². The molecule has 5 heteroatoms. The van der Waals surface area contributed by atoms with E-state index in [4.69, 9.17) is 9.47 Å². The zero-order valence-corrected chi connectivity index (χ0v) is 15.7. The Morgan fingerprint density at radius 1 is 1.04 bits per heavy atom. The van der Waals surface area contributed by atoms with Gasteiger partial charge in [0.05, 0.1) is 12.2 Å². The van der Waals surface area contributed by atoms with Crippen LogP contribution in [0.3, 0.4) is 0 Å². The Kier molecular flexibility index (Phi) is 6.78. The molecule has 0 fully saturated rings. The molecule has 2 aromatic rings. The maximum Gasteiger partial charge on any atom is 0.338 e. The summed E-state index contributed by atoms with van der Waals surface area (Å²) in [6, 6.07) is 12.4. The fourth-order valence-electron chi connectivity index (χ4n) is 2.30. The fraction of sp³-hybridized carbons (Fsp3) is 0.333. The van der Waals surface area contributed by atoms with Crippen molar-refractivity contribution in [1.82, 2.24) is 0 Å². The van der Waals surface area contributed by atoms with Crippen LogP contribution in [0.2, 0.25) is 0 Å². The molecule has 0 heterocycles. The van der Waals surface area contributed by atoms with Crippen LogP contribution in [0.25, 0.3) is 0 Å². The molecule has 0 saturated heterocycles. The van der Waals surface area contributed by atoms with Gasteiger partial charge in [0.1, 0.15) is 5.75 Å². The van der Waals surface area contributed by atoms with Crippen LogP contribution < -0.4 is 10.1 Å². The molecule has 0 saturated carbocycles. The minimum atomic E-state index is -0.545. The predicted molar refractivity (Wildman–Crippen MR) is 102 cm³/mol. The number of amides is 1. The highest BCUT2D eigenvalue weighted by atomic mass is 16.5. The SMILES string of the molecule is Cc1ccc(NC(=O)COC(=O)c2ccc(OCC(C)C)cc2)c(C)c1. The maximum absolute atomic E-state index is 12.0. The molecule has 26 heavy (non-hydrogen) atoms. The summed E-state index contributed by atoms with van der Waals surface area (Å²) in [7, 11) is 0. The summed E-state index contributed by atoms with van der Waals surface area (Å²) < 4.78 is 10.6. The third-order valence-corrected chi connectivity index (χ3v) is 3.66. The van der Waals surface area contributed by atoms with Crippen molar-refractivity contribution in [2.24, 2.45) is 5.92 Å². The number of rotatable bonds is 7. The lowest BCUT2D eigenvalue weighted by Crippen LogP contribution is -2.21. The first-order valence-electron chi connectivity index (χ1n) is 8.62. The smallest absolute Gasteiger partial charge is 0.338 e. The first-order valence-corrected chi connectivity index (χ1v) is 8.62. The van der Waals surface area contributed by atoms with E-state index in [0.717, 1.165) is 11.1 Å². The first kappa shape index (κ1) is 19.5. The fourth-order valence-corrected chi connectivity index (χ4v) is 2.30. The molecule has 0 atom stereocenters. The molecule has 0 aliphatic heterocycles. The van der Waals surface area contributed by atoms with Gasteiger partial charge in [-0.2, -0.15) is 0 Å². The minimum Gasteiger partial charge on any atom is -0.493 e. The molecule has 0 aromatic heterocycles. The van der Waals surface area contributed by atoms with Crippen molar-refractivity contribution in [2.75, 3.05) is 18.5 Å². The average Bonchev–Trinajstić information content (AvgIpc) is 2.60. The van der Waals surface area contributed by atoms with E-state index in [2.05, 4.69) is 19.2 Å². The van der Waals surface area contributed by atoms with Gasteiger partial charge in [-0.1, -0.05) is 31.5 Å². The average molecular weight is 355 g/mol. The number of aryl methyl sites for hydroxylation is 2. The van der Waals surface area contributed by atoms with Crippen molar-refractivity contribution in [3.8, 4) is 5.75 Å². The lowest BCUT2D eigenvalue weighted by atomic mass is 10.1. The molecule has 0 unspecified atom stereocenters. The zero-order valence-electron chi connectivity index (χ0n) is 15.7. The van der Waals surface area contributed by atoms with Crippen molar-refractivity contribution < 1.29 is 19.1 Å². The third kappa shape index (κ3) is 5.92. The molecule has 0 aliphatic rings. The Morgan fingerprint density at radius 3 is 2.35 bits per heavy atom. The summed E-state index contributed by atoms with van der Waals surface area (Å²) in [4.78, 5) is 24.0. The van der Waals surface area contributed by atoms with Crippen LogP contribution in [0.1, 0.15) is 35.3 Å². The normalized spacial score (nSPS) is 10.5. The second-order valence-corrected chi connectivity index (χ2v) is 6.67. The molecule has 2 aromatic carbocycles. The molecule has 0 aliphatic carbocycles. The van der Waals surface area contributed by atoms with E-state index in [-0.39, 0.29) is 12.5 Å². The predicted octanol–water partition coefficient (Wildman–Crippen LogP) is 4.13. The zero-order chi connectivity index (χ0) is 19.1. The van der Waals surface area contributed by atoms with Crippen molar-refractivity contribution in [3.05, 3.63) is 59.2 Å². The number of carbonyl (C=O) groups excluding carboxylic acids is 2. The first-order chi connectivity index (χ1) is 12.3. The number of ether oxygens (including phenoxy) is 2. The van der Waals surface area contributed by atoms with Gasteiger partial charge in [-0.25, -0.2) is 4.79 Å². The van der Waals surface area contributed by atoms with Crippen LogP contribution in [0, 0.1) is 19.8 Å². The molecule has 0 spiro atoms. The van der Waals surface area contributed by atoms with E-state index >= 15 is 0 Å². The molecular weight excluding hydrogens is 330 g/mol. The van der Waals surface area contributed by atoms with Crippen LogP contribution >= 0.6 is 0 Å². The largest absolute Gasteiger partial charge is 0.493 e. The second-order valence-electron chi connectivity index (χ2n) is 6.67. The number of carbonyl (C=O) groups is 2. The van der Waals surface area contributed by atoms with E-state index in [0.29, 0.717) is 29.5 Å². The Labute approximate surface area is 154 Å². The van der Waals surface area contributed by atoms with Crippen molar-refractivity contribution in [2.45, 2.75) is 27.7 Å². The van der Waals surface area contributed by atoms with Crippen LogP contribution in [0.4, 0.5) is 5.69 Å². The standard InChI is InChI=1S/C21H25NO4/c1-14(2)12-25-18-8-6-17(7-9-18)21(24)26-13-20(23)22-19-10-5-15(3)11-16(19)4/h5-11,14H,12-13H2,1-4H3,(H,22,23). The van der Waals surface area contributed by atoms with Gasteiger partial charge in [0.15, 0.2) is 6.61 Å². The van der Waals surface area contributed by atoms with Crippen LogP contribution in [0.5, 0.6) is 5.75 Å². The van der Waals surface area contributed by atoms with Crippen LogP contribution in [-0.2, 0) is 9.53 Å². The van der Waals surface area contributed by atoms with Gasteiger partial charge < -0.3 is 14.8 Å². The summed E-state index contributed by atoms with van der Waals surface area (Å²) >= 11 is 0. The monoisotopic (exact) mass is 355 g/mol. The summed E-state index contributed by atoms with van der Waals surface area (Å²) in [5, 5.41) is 2.74. The molecule has 0 bridgehead atoms. The molecule has 2 rings (SSSR count). The van der Waals surface area contributed by atoms with Crippen LogP contribution in [0.15, 0.2) is 42.5 Å². The highest BCUT2D eigenvalue weighted by Gasteiger charge is 2.11. The Hall–Kier alpha value is -2.82. The Morgan fingerprint density at radius 2 is 1.73 bits per heavy atom. The van der Waals surface area contributed by atoms with Gasteiger partial charge >= 0.3 is 5.97 Å². The summed E-state index contributed by atoms with van der Waals surface area (Å²) in [6.45, 7) is 8.31. The number of benzene rings is 2. The van der Waals surface area contributed by atoms with Gasteiger partial charge in [0.2, 0.25) is 0 Å². The molecule has 1 N–H and O–H groups in total. The van der Waals surface area contributed by atoms with Crippen molar-refractivity contribution in [1.29, 1.82) is 0 Å². The van der Waals surface area contributed by atoms with Gasteiger partial charge in [-0.3, -0.25) is 4.79 Å². The number of nitrogens with one attached hydrogen (secondary N) is 1. The Bertz CT molecular complexity index is 766. The molecule has 1 amide bonds. The number of anilines is 1. The van der Waals surface area contributed by atoms with Gasteiger partial charge in [0.25, 0.3) is 5.91 Å². The van der Waals surface area contributed by atoms with E-state index in [1.165, 1.54) is 0 Å². The number of hydrogen-bond donors (Lipinski definition) is 1. The third-order valence-electron chi connectivity index (χ3n) is 3.66. The molecule has 138 valence electrons. The lowest BCUT2D eigenvalue weighted by molar-refractivity contribution is -0.119. The Balaban J connectivity index is 1.84. The van der Waals surface area contributed by atoms with Gasteiger partial charge in [-0.15, -0.1) is 0 Å². The second kappa shape index (κ2) is 9.04. The minimum absolute atomic E-state index is 0.336. The van der Waals surface area contributed by atoms with Gasteiger partial charge in [-0.05, 0) is 55.7 Å². The number of hydrogen-bond acceptors (Lipinski definition) is 4. The maximum atomic E-state index is 12.0. The molecule has 0 radical (unpaired) electrons. The van der Waals surface area contributed by atoms with E-state index in [1.54, 1.807) is 24.3 Å². The lowest BCUT2D eigenvalue weighted by Gasteiger charge is -2.10. The van der Waals surface area contributed by atoms with Gasteiger partial charge in [0, 0.05) is 5.69 Å². The molecular formula is C21H25NO4. The van der Waals surface area contributed by atoms with Crippen molar-refractivity contribution >= 4 is 17.6 Å². The van der Waals surface area contributed by atoms with Crippen LogP contribution in [-0.4, -0.2) is 25.1 Å².